The Hall–Kier alpha value is -1.15. The Balaban J connectivity index is 1.89. The van der Waals surface area contributed by atoms with Gasteiger partial charge in [0.05, 0.1) is 0 Å². The van der Waals surface area contributed by atoms with E-state index in [1.807, 2.05) is 18.2 Å². The Morgan fingerprint density at radius 3 is 2.80 bits per heavy atom. The van der Waals surface area contributed by atoms with Crippen molar-refractivity contribution >= 4 is 6.29 Å². The minimum absolute atomic E-state index is 0.786. The molecule has 15 heavy (non-hydrogen) atoms. The third kappa shape index (κ3) is 2.90. The molecule has 0 aromatic heterocycles. The summed E-state index contributed by atoms with van der Waals surface area (Å²) in [5.41, 5.74) is 2.06. The van der Waals surface area contributed by atoms with Crippen LogP contribution in [0.25, 0.3) is 0 Å². The molecule has 0 bridgehead atoms. The van der Waals surface area contributed by atoms with Gasteiger partial charge in [-0.2, -0.15) is 0 Å². The van der Waals surface area contributed by atoms with Crippen molar-refractivity contribution in [3.8, 4) is 0 Å². The van der Waals surface area contributed by atoms with Crippen molar-refractivity contribution in [3.05, 3.63) is 35.4 Å². The minimum Gasteiger partial charge on any atom is -0.303 e. The maximum Gasteiger partial charge on any atom is 0.150 e. The van der Waals surface area contributed by atoms with E-state index in [0.717, 1.165) is 24.8 Å². The molecule has 0 N–H and O–H groups in total. The largest absolute Gasteiger partial charge is 0.303 e. The average Bonchev–Trinajstić information content (AvgIpc) is 2.79. The van der Waals surface area contributed by atoms with Crippen LogP contribution < -0.4 is 0 Å². The van der Waals surface area contributed by atoms with Gasteiger partial charge in [-0.05, 0) is 44.0 Å². The summed E-state index contributed by atoms with van der Waals surface area (Å²) in [7, 11) is 0. The highest BCUT2D eigenvalue weighted by Crippen LogP contribution is 2.10. The molecule has 1 aromatic rings. The summed E-state index contributed by atoms with van der Waals surface area (Å²) in [6, 6.07) is 7.90. The van der Waals surface area contributed by atoms with Crippen molar-refractivity contribution in [2.24, 2.45) is 0 Å². The molecule has 80 valence electrons. The fourth-order valence-corrected chi connectivity index (χ4v) is 2.12. The van der Waals surface area contributed by atoms with Gasteiger partial charge in [-0.3, -0.25) is 4.79 Å². The molecule has 1 aliphatic rings. The van der Waals surface area contributed by atoms with Crippen LogP contribution in [0.15, 0.2) is 24.3 Å². The quantitative estimate of drug-likeness (QED) is 0.699. The van der Waals surface area contributed by atoms with Crippen molar-refractivity contribution in [2.75, 3.05) is 19.6 Å². The first kappa shape index (κ1) is 10.4. The van der Waals surface area contributed by atoms with Crippen molar-refractivity contribution in [3.63, 3.8) is 0 Å². The molecule has 0 atom stereocenters. The maximum atomic E-state index is 10.6. The highest BCUT2D eigenvalue weighted by atomic mass is 16.1. The van der Waals surface area contributed by atoms with Gasteiger partial charge >= 0.3 is 0 Å². The summed E-state index contributed by atoms with van der Waals surface area (Å²) in [6.45, 7) is 3.61. The third-order valence-corrected chi connectivity index (χ3v) is 3.00. The number of carbonyl (C=O) groups excluding carboxylic acids is 1. The molecule has 1 heterocycles. The van der Waals surface area contributed by atoms with E-state index >= 15 is 0 Å². The lowest BCUT2D eigenvalue weighted by atomic mass is 10.1. The molecule has 1 fully saturated rings. The summed E-state index contributed by atoms with van der Waals surface area (Å²) in [6.07, 6.45) is 4.66. The molecule has 1 aromatic carbocycles. The van der Waals surface area contributed by atoms with Gasteiger partial charge in [0, 0.05) is 12.1 Å². The monoisotopic (exact) mass is 203 g/mol. The maximum absolute atomic E-state index is 10.6. The normalized spacial score (nSPS) is 16.8. The van der Waals surface area contributed by atoms with E-state index in [4.69, 9.17) is 0 Å². The molecule has 0 unspecified atom stereocenters. The molecule has 0 aliphatic carbocycles. The van der Waals surface area contributed by atoms with Crippen LogP contribution >= 0.6 is 0 Å². The lowest BCUT2D eigenvalue weighted by molar-refractivity contribution is 0.112. The second kappa shape index (κ2) is 5.08. The van der Waals surface area contributed by atoms with Crippen molar-refractivity contribution < 1.29 is 4.79 Å². The Labute approximate surface area is 90.9 Å². The van der Waals surface area contributed by atoms with E-state index in [1.54, 1.807) is 0 Å². The van der Waals surface area contributed by atoms with Crippen LogP contribution in [0.5, 0.6) is 0 Å². The number of likely N-dealkylation sites (tertiary alicyclic amines) is 1. The van der Waals surface area contributed by atoms with E-state index in [9.17, 15) is 4.79 Å². The van der Waals surface area contributed by atoms with Crippen LogP contribution in [0.3, 0.4) is 0 Å². The van der Waals surface area contributed by atoms with Gasteiger partial charge in [-0.15, -0.1) is 0 Å². The summed E-state index contributed by atoms with van der Waals surface area (Å²) < 4.78 is 0. The molecular weight excluding hydrogens is 186 g/mol. The predicted octanol–water partition coefficient (Wildman–Crippen LogP) is 2.14. The molecule has 2 rings (SSSR count). The number of rotatable bonds is 4. The van der Waals surface area contributed by atoms with Gasteiger partial charge in [0.1, 0.15) is 6.29 Å². The smallest absolute Gasteiger partial charge is 0.150 e. The summed E-state index contributed by atoms with van der Waals surface area (Å²) >= 11 is 0. The van der Waals surface area contributed by atoms with E-state index < -0.39 is 0 Å². The first-order chi connectivity index (χ1) is 7.38. The molecule has 0 amide bonds. The minimum atomic E-state index is 0.786. The van der Waals surface area contributed by atoms with Crippen LogP contribution in [-0.2, 0) is 6.42 Å². The number of carbonyl (C=O) groups is 1. The standard InChI is InChI=1S/C13H17NO/c15-11-13-5-3-4-12(10-13)6-9-14-7-1-2-8-14/h3-5,10-11H,1-2,6-9H2. The van der Waals surface area contributed by atoms with Gasteiger partial charge in [-0.1, -0.05) is 18.2 Å². The van der Waals surface area contributed by atoms with Crippen LogP contribution in [0, 0.1) is 0 Å². The van der Waals surface area contributed by atoms with Gasteiger partial charge in [0.25, 0.3) is 0 Å². The van der Waals surface area contributed by atoms with Crippen molar-refractivity contribution in [1.29, 1.82) is 0 Å². The average molecular weight is 203 g/mol. The van der Waals surface area contributed by atoms with E-state index in [2.05, 4.69) is 11.0 Å². The van der Waals surface area contributed by atoms with Gasteiger partial charge < -0.3 is 4.90 Å². The van der Waals surface area contributed by atoms with Crippen LogP contribution in [-0.4, -0.2) is 30.8 Å². The molecule has 2 heteroatoms. The molecule has 0 spiro atoms. The Morgan fingerprint density at radius 2 is 2.07 bits per heavy atom. The number of benzene rings is 1. The second-order valence-electron chi connectivity index (χ2n) is 4.16. The Morgan fingerprint density at radius 1 is 1.27 bits per heavy atom. The summed E-state index contributed by atoms with van der Waals surface area (Å²) in [5.74, 6) is 0. The van der Waals surface area contributed by atoms with Crippen LogP contribution in [0.2, 0.25) is 0 Å². The van der Waals surface area contributed by atoms with Gasteiger partial charge in [0.15, 0.2) is 0 Å². The van der Waals surface area contributed by atoms with Gasteiger partial charge in [0.2, 0.25) is 0 Å². The lowest BCUT2D eigenvalue weighted by Gasteiger charge is -2.14. The molecule has 0 saturated carbocycles. The van der Waals surface area contributed by atoms with Crippen molar-refractivity contribution in [1.82, 2.24) is 4.90 Å². The summed E-state index contributed by atoms with van der Waals surface area (Å²) in [4.78, 5) is 13.1. The second-order valence-corrected chi connectivity index (χ2v) is 4.16. The molecule has 1 aliphatic heterocycles. The Kier molecular flexibility index (Phi) is 3.51. The first-order valence-electron chi connectivity index (χ1n) is 5.65. The lowest BCUT2D eigenvalue weighted by Crippen LogP contribution is -2.21. The number of aldehydes is 1. The number of hydrogen-bond donors (Lipinski definition) is 0. The first-order valence-corrected chi connectivity index (χ1v) is 5.65. The topological polar surface area (TPSA) is 20.3 Å². The molecular formula is C13H17NO. The van der Waals surface area contributed by atoms with Crippen molar-refractivity contribution in [2.45, 2.75) is 19.3 Å². The zero-order valence-corrected chi connectivity index (χ0v) is 8.98. The van der Waals surface area contributed by atoms with E-state index in [0.29, 0.717) is 0 Å². The van der Waals surface area contributed by atoms with Crippen LogP contribution in [0.1, 0.15) is 28.8 Å². The molecule has 1 saturated heterocycles. The highest BCUT2D eigenvalue weighted by Gasteiger charge is 2.10. The zero-order chi connectivity index (χ0) is 10.5. The zero-order valence-electron chi connectivity index (χ0n) is 8.98. The molecule has 0 radical (unpaired) electrons. The SMILES string of the molecule is O=Cc1cccc(CCN2CCCC2)c1. The fraction of sp³-hybridized carbons (Fsp3) is 0.462. The fourth-order valence-electron chi connectivity index (χ4n) is 2.12. The Bertz CT molecular complexity index is 329. The number of hydrogen-bond acceptors (Lipinski definition) is 2. The van der Waals surface area contributed by atoms with Crippen LogP contribution in [0.4, 0.5) is 0 Å². The molecule has 2 nitrogen and oxygen atoms in total. The van der Waals surface area contributed by atoms with Gasteiger partial charge in [-0.25, -0.2) is 0 Å². The highest BCUT2D eigenvalue weighted by molar-refractivity contribution is 5.74. The van der Waals surface area contributed by atoms with E-state index in [-0.39, 0.29) is 0 Å². The third-order valence-electron chi connectivity index (χ3n) is 3.00. The van der Waals surface area contributed by atoms with E-state index in [1.165, 1.54) is 31.5 Å². The summed E-state index contributed by atoms with van der Waals surface area (Å²) in [5, 5.41) is 0. The number of nitrogens with zero attached hydrogens (tertiary/aromatic N) is 1. The predicted molar refractivity (Wildman–Crippen MR) is 61.2 cm³/mol.